The number of carbonyl (C=O) groups excluding carboxylic acids is 1. The quantitative estimate of drug-likeness (QED) is 0.656. The fraction of sp³-hybridized carbons (Fsp3) is 0.364. The van der Waals surface area contributed by atoms with Gasteiger partial charge in [0, 0.05) is 30.3 Å². The van der Waals surface area contributed by atoms with Crippen molar-refractivity contribution in [3.8, 4) is 11.4 Å². The van der Waals surface area contributed by atoms with Crippen LogP contribution in [0, 0.1) is 6.92 Å². The molecule has 0 atom stereocenters. The maximum absolute atomic E-state index is 12.7. The van der Waals surface area contributed by atoms with Gasteiger partial charge in [-0.1, -0.05) is 30.3 Å². The van der Waals surface area contributed by atoms with E-state index in [1.165, 1.54) is 0 Å². The first-order valence-electron chi connectivity index (χ1n) is 9.83. The molecule has 1 aromatic carbocycles. The first kappa shape index (κ1) is 20.5. The fourth-order valence-electron chi connectivity index (χ4n) is 3.31. The molecule has 0 spiro atoms. The zero-order chi connectivity index (χ0) is 21.0. The van der Waals surface area contributed by atoms with E-state index in [-0.39, 0.29) is 29.8 Å². The molecule has 0 unspecified atom stereocenters. The van der Waals surface area contributed by atoms with E-state index in [9.17, 15) is 9.59 Å². The predicted octanol–water partition coefficient (Wildman–Crippen LogP) is 3.92. The number of para-hydroxylation sites is 1. The third-order valence-electron chi connectivity index (χ3n) is 4.78. The number of pyridine rings is 1. The van der Waals surface area contributed by atoms with Gasteiger partial charge in [0.05, 0.1) is 5.56 Å². The number of benzene rings is 1. The normalized spacial score (nSPS) is 11.1. The summed E-state index contributed by atoms with van der Waals surface area (Å²) in [6.45, 7) is 7.84. The van der Waals surface area contributed by atoms with Crippen LogP contribution in [0.1, 0.15) is 50.4 Å². The SMILES string of the molecule is CCc1ccccc1NC(=O)CCc1nc(-c2ccc(C)n(C(C)C)c2=O)no1. The zero-order valence-electron chi connectivity index (χ0n) is 17.2. The Bertz CT molecular complexity index is 1070. The summed E-state index contributed by atoms with van der Waals surface area (Å²) in [4.78, 5) is 29.3. The number of aryl methyl sites for hydroxylation is 3. The lowest BCUT2D eigenvalue weighted by molar-refractivity contribution is -0.116. The molecule has 0 aliphatic heterocycles. The molecule has 0 aliphatic rings. The van der Waals surface area contributed by atoms with Gasteiger partial charge in [0.15, 0.2) is 0 Å². The molecule has 2 aromatic heterocycles. The molecule has 0 radical (unpaired) electrons. The summed E-state index contributed by atoms with van der Waals surface area (Å²) < 4.78 is 6.96. The van der Waals surface area contributed by atoms with Crippen LogP contribution in [0.15, 0.2) is 45.7 Å². The third kappa shape index (κ3) is 4.62. The van der Waals surface area contributed by atoms with Crippen molar-refractivity contribution in [1.29, 1.82) is 0 Å². The second kappa shape index (κ2) is 8.86. The van der Waals surface area contributed by atoms with E-state index in [1.54, 1.807) is 10.6 Å². The molecule has 1 amide bonds. The third-order valence-corrected chi connectivity index (χ3v) is 4.78. The van der Waals surface area contributed by atoms with Crippen molar-refractivity contribution in [3.05, 3.63) is 63.9 Å². The van der Waals surface area contributed by atoms with Crippen LogP contribution < -0.4 is 10.9 Å². The Hall–Kier alpha value is -3.22. The second-order valence-corrected chi connectivity index (χ2v) is 7.23. The molecule has 2 heterocycles. The molecule has 7 heteroatoms. The van der Waals surface area contributed by atoms with E-state index in [0.29, 0.717) is 17.9 Å². The van der Waals surface area contributed by atoms with Crippen molar-refractivity contribution in [3.63, 3.8) is 0 Å². The van der Waals surface area contributed by atoms with Crippen molar-refractivity contribution in [1.82, 2.24) is 14.7 Å². The number of rotatable bonds is 7. The number of anilines is 1. The Kier molecular flexibility index (Phi) is 6.26. The Morgan fingerprint density at radius 3 is 2.69 bits per heavy atom. The van der Waals surface area contributed by atoms with Crippen LogP contribution in [0.3, 0.4) is 0 Å². The summed E-state index contributed by atoms with van der Waals surface area (Å²) in [6.07, 6.45) is 1.36. The van der Waals surface area contributed by atoms with Gasteiger partial charge in [-0.2, -0.15) is 4.98 Å². The molecule has 0 fully saturated rings. The van der Waals surface area contributed by atoms with Gasteiger partial charge in [-0.3, -0.25) is 9.59 Å². The van der Waals surface area contributed by atoms with Crippen molar-refractivity contribution in [2.45, 2.75) is 53.0 Å². The second-order valence-electron chi connectivity index (χ2n) is 7.23. The minimum absolute atomic E-state index is 0.0310. The number of nitrogens with one attached hydrogen (secondary N) is 1. The molecule has 0 aliphatic carbocycles. The summed E-state index contributed by atoms with van der Waals surface area (Å²) in [6, 6.07) is 11.3. The molecular formula is C22H26N4O3. The number of carbonyl (C=O) groups is 1. The van der Waals surface area contributed by atoms with Gasteiger partial charge in [0.25, 0.3) is 5.56 Å². The van der Waals surface area contributed by atoms with Gasteiger partial charge in [0.1, 0.15) is 0 Å². The molecule has 3 aromatic rings. The van der Waals surface area contributed by atoms with E-state index >= 15 is 0 Å². The average Bonchev–Trinajstić information content (AvgIpc) is 3.15. The largest absolute Gasteiger partial charge is 0.339 e. The number of hydrogen-bond donors (Lipinski definition) is 1. The highest BCUT2D eigenvalue weighted by Crippen LogP contribution is 2.17. The lowest BCUT2D eigenvalue weighted by Crippen LogP contribution is -2.25. The Labute approximate surface area is 169 Å². The van der Waals surface area contributed by atoms with Crippen LogP contribution in [0.5, 0.6) is 0 Å². The first-order valence-corrected chi connectivity index (χ1v) is 9.83. The Morgan fingerprint density at radius 2 is 1.97 bits per heavy atom. The number of hydrogen-bond acceptors (Lipinski definition) is 5. The van der Waals surface area contributed by atoms with E-state index in [0.717, 1.165) is 23.4 Å². The average molecular weight is 394 g/mol. The molecule has 152 valence electrons. The molecule has 0 bridgehead atoms. The highest BCUT2D eigenvalue weighted by molar-refractivity contribution is 5.91. The van der Waals surface area contributed by atoms with Crippen LogP contribution >= 0.6 is 0 Å². The molecule has 0 saturated carbocycles. The van der Waals surface area contributed by atoms with Gasteiger partial charge in [-0.05, 0) is 51.0 Å². The lowest BCUT2D eigenvalue weighted by atomic mass is 10.1. The summed E-state index contributed by atoms with van der Waals surface area (Å²) in [5.74, 6) is 0.453. The highest BCUT2D eigenvalue weighted by Gasteiger charge is 2.16. The summed E-state index contributed by atoms with van der Waals surface area (Å²) in [7, 11) is 0. The van der Waals surface area contributed by atoms with Gasteiger partial charge < -0.3 is 14.4 Å². The van der Waals surface area contributed by atoms with Gasteiger partial charge in [-0.25, -0.2) is 0 Å². The molecule has 7 nitrogen and oxygen atoms in total. The number of aromatic nitrogens is 3. The smallest absolute Gasteiger partial charge is 0.262 e. The van der Waals surface area contributed by atoms with Gasteiger partial charge in [0.2, 0.25) is 17.6 Å². The zero-order valence-corrected chi connectivity index (χ0v) is 17.2. The minimum atomic E-state index is -0.152. The van der Waals surface area contributed by atoms with Crippen LogP contribution in [0.25, 0.3) is 11.4 Å². The molecule has 1 N–H and O–H groups in total. The van der Waals surface area contributed by atoms with Crippen molar-refractivity contribution < 1.29 is 9.32 Å². The van der Waals surface area contributed by atoms with Crippen LogP contribution in [0.2, 0.25) is 0 Å². The lowest BCUT2D eigenvalue weighted by Gasteiger charge is -2.14. The van der Waals surface area contributed by atoms with E-state index in [1.807, 2.05) is 58.0 Å². The van der Waals surface area contributed by atoms with Crippen molar-refractivity contribution in [2.24, 2.45) is 0 Å². The van der Waals surface area contributed by atoms with Gasteiger partial charge >= 0.3 is 0 Å². The summed E-state index contributed by atoms with van der Waals surface area (Å²) in [5.41, 5.74) is 3.02. The van der Waals surface area contributed by atoms with Gasteiger partial charge in [-0.15, -0.1) is 0 Å². The predicted molar refractivity (Wildman–Crippen MR) is 112 cm³/mol. The molecule has 29 heavy (non-hydrogen) atoms. The van der Waals surface area contributed by atoms with Crippen LogP contribution in [-0.2, 0) is 17.6 Å². The topological polar surface area (TPSA) is 90.0 Å². The maximum Gasteiger partial charge on any atom is 0.262 e. The monoisotopic (exact) mass is 394 g/mol. The van der Waals surface area contributed by atoms with Crippen molar-refractivity contribution >= 4 is 11.6 Å². The fourth-order valence-corrected chi connectivity index (χ4v) is 3.31. The van der Waals surface area contributed by atoms with E-state index in [4.69, 9.17) is 4.52 Å². The highest BCUT2D eigenvalue weighted by atomic mass is 16.5. The van der Waals surface area contributed by atoms with E-state index < -0.39 is 0 Å². The maximum atomic E-state index is 12.7. The first-order chi connectivity index (χ1) is 13.9. The Balaban J connectivity index is 1.69. The number of nitrogens with zero attached hydrogens (tertiary/aromatic N) is 3. The summed E-state index contributed by atoms with van der Waals surface area (Å²) in [5, 5.41) is 6.86. The summed E-state index contributed by atoms with van der Waals surface area (Å²) >= 11 is 0. The standard InChI is InChI=1S/C22H26N4O3/c1-5-16-8-6-7-9-18(16)23-19(27)12-13-20-24-21(25-29-20)17-11-10-15(4)26(14(2)3)22(17)28/h6-11,14H,5,12-13H2,1-4H3,(H,23,27). The van der Waals surface area contributed by atoms with Crippen LogP contribution in [0.4, 0.5) is 5.69 Å². The Morgan fingerprint density at radius 1 is 1.21 bits per heavy atom. The minimum Gasteiger partial charge on any atom is -0.339 e. The molecule has 3 rings (SSSR count). The van der Waals surface area contributed by atoms with E-state index in [2.05, 4.69) is 15.5 Å². The van der Waals surface area contributed by atoms with Crippen LogP contribution in [-0.4, -0.2) is 20.6 Å². The molecule has 0 saturated heterocycles. The molecular weight excluding hydrogens is 368 g/mol. The number of amides is 1. The van der Waals surface area contributed by atoms with Crippen molar-refractivity contribution in [2.75, 3.05) is 5.32 Å².